The third kappa shape index (κ3) is 5.49. The Kier molecular flexibility index (Phi) is 6.84. The van der Waals surface area contributed by atoms with Gasteiger partial charge in [0.25, 0.3) is 5.91 Å². The summed E-state index contributed by atoms with van der Waals surface area (Å²) in [5.74, 6) is -3.82. The van der Waals surface area contributed by atoms with Crippen molar-refractivity contribution in [3.05, 3.63) is 18.2 Å². The van der Waals surface area contributed by atoms with E-state index in [2.05, 4.69) is 20.6 Å². The first kappa shape index (κ1) is 18.3. The van der Waals surface area contributed by atoms with Crippen molar-refractivity contribution in [1.29, 1.82) is 0 Å². The van der Waals surface area contributed by atoms with Gasteiger partial charge in [-0.15, -0.1) is 0 Å². The van der Waals surface area contributed by atoms with E-state index in [1.54, 1.807) is 6.92 Å². The zero-order valence-corrected chi connectivity index (χ0v) is 12.3. The predicted octanol–water partition coefficient (Wildman–Crippen LogP) is -0.584. The van der Waals surface area contributed by atoms with Gasteiger partial charge in [0, 0.05) is 12.4 Å². The molecule has 0 aliphatic heterocycles. The average molecular weight is 328 g/mol. The number of nitrogens with zero attached hydrogens (tertiary/aromatic N) is 1. The number of hydrogen-bond donors (Lipinski definition) is 4. The number of carboxylic acid groups (broad SMARTS) is 1. The number of rotatable bonds is 9. The normalized spacial score (nSPS) is 13.0. The van der Waals surface area contributed by atoms with Gasteiger partial charge in [0.2, 0.25) is 5.91 Å². The van der Waals surface area contributed by atoms with E-state index in [0.717, 1.165) is 0 Å². The first-order valence-corrected chi connectivity index (χ1v) is 6.80. The third-order valence-electron chi connectivity index (χ3n) is 2.96. The Labute approximate surface area is 130 Å². The zero-order chi connectivity index (χ0) is 17.4. The van der Waals surface area contributed by atoms with Crippen LogP contribution in [0.2, 0.25) is 0 Å². The molecule has 2 amide bonds. The molecule has 0 aromatic carbocycles. The molecule has 0 spiro atoms. The van der Waals surface area contributed by atoms with Crippen molar-refractivity contribution in [2.75, 3.05) is 6.67 Å². The maximum Gasteiger partial charge on any atom is 0.305 e. The second kappa shape index (κ2) is 8.61. The fourth-order valence-corrected chi connectivity index (χ4v) is 1.75. The molecule has 0 aliphatic rings. The highest BCUT2D eigenvalue weighted by Crippen LogP contribution is 2.00. The maximum atomic E-state index is 12.4. The number of halogens is 1. The molecule has 10 heteroatoms. The first-order chi connectivity index (χ1) is 10.9. The molecule has 0 unspecified atom stereocenters. The third-order valence-corrected chi connectivity index (χ3v) is 2.96. The number of aliphatic carboxylic acids is 1. The van der Waals surface area contributed by atoms with Crippen molar-refractivity contribution in [3.8, 4) is 0 Å². The minimum atomic E-state index is -1.49. The number of imidazole rings is 1. The van der Waals surface area contributed by atoms with Gasteiger partial charge in [-0.05, 0) is 6.42 Å². The van der Waals surface area contributed by atoms with Crippen LogP contribution in [0.5, 0.6) is 0 Å². The average Bonchev–Trinajstić information content (AvgIpc) is 3.04. The topological polar surface area (TPSA) is 141 Å². The van der Waals surface area contributed by atoms with Gasteiger partial charge in [-0.1, -0.05) is 6.92 Å². The van der Waals surface area contributed by atoms with Crippen LogP contribution in [0.1, 0.15) is 30.4 Å². The van der Waals surface area contributed by atoms with Gasteiger partial charge in [-0.2, -0.15) is 0 Å². The highest BCUT2D eigenvalue weighted by molar-refractivity contribution is 5.97. The molecule has 0 saturated carbocycles. The van der Waals surface area contributed by atoms with Gasteiger partial charge in [0.15, 0.2) is 11.6 Å². The number of H-pyrrole nitrogens is 1. The van der Waals surface area contributed by atoms with Crippen LogP contribution < -0.4 is 10.6 Å². The molecule has 0 fully saturated rings. The van der Waals surface area contributed by atoms with Gasteiger partial charge >= 0.3 is 5.97 Å². The molecular formula is C13H17FN4O5. The van der Waals surface area contributed by atoms with Crippen LogP contribution in [0, 0.1) is 0 Å². The quantitative estimate of drug-likeness (QED) is 0.478. The van der Waals surface area contributed by atoms with E-state index < -0.39 is 48.7 Å². The van der Waals surface area contributed by atoms with Gasteiger partial charge < -0.3 is 20.7 Å². The minimum Gasteiger partial charge on any atom is -0.481 e. The molecule has 0 bridgehead atoms. The van der Waals surface area contributed by atoms with E-state index in [1.807, 2.05) is 0 Å². The smallest absolute Gasteiger partial charge is 0.305 e. The van der Waals surface area contributed by atoms with E-state index in [0.29, 0.717) is 0 Å². The number of amides is 2. The van der Waals surface area contributed by atoms with Gasteiger partial charge in [-0.25, -0.2) is 9.37 Å². The Morgan fingerprint density at radius 3 is 2.48 bits per heavy atom. The summed E-state index contributed by atoms with van der Waals surface area (Å²) in [6.45, 7) is 0.212. The molecule has 0 aliphatic carbocycles. The predicted molar refractivity (Wildman–Crippen MR) is 75.3 cm³/mol. The fourth-order valence-electron chi connectivity index (χ4n) is 1.75. The SMILES string of the molecule is CC[C@H](NC(=O)c1ncc[nH]1)C(=O)N[C@@H](CC(=O)O)C(=O)CF. The highest BCUT2D eigenvalue weighted by Gasteiger charge is 2.27. The van der Waals surface area contributed by atoms with Crippen LogP contribution in [0.15, 0.2) is 12.4 Å². The lowest BCUT2D eigenvalue weighted by molar-refractivity contribution is -0.140. The van der Waals surface area contributed by atoms with Crippen molar-refractivity contribution >= 4 is 23.6 Å². The van der Waals surface area contributed by atoms with E-state index in [-0.39, 0.29) is 12.2 Å². The summed E-state index contributed by atoms with van der Waals surface area (Å²) in [6, 6.07) is -2.50. The monoisotopic (exact) mass is 328 g/mol. The van der Waals surface area contributed by atoms with E-state index in [9.17, 15) is 23.6 Å². The molecule has 1 aromatic heterocycles. The van der Waals surface area contributed by atoms with Crippen molar-refractivity contribution in [2.24, 2.45) is 0 Å². The summed E-state index contributed by atoms with van der Waals surface area (Å²) >= 11 is 0. The van der Waals surface area contributed by atoms with E-state index >= 15 is 0 Å². The van der Waals surface area contributed by atoms with Gasteiger partial charge in [0.1, 0.15) is 18.8 Å². The number of carbonyl (C=O) groups is 4. The summed E-state index contributed by atoms with van der Waals surface area (Å²) in [5.41, 5.74) is 0. The molecule has 1 aromatic rings. The number of alkyl halides is 1. The van der Waals surface area contributed by atoms with E-state index in [4.69, 9.17) is 5.11 Å². The molecule has 1 heterocycles. The molecule has 0 radical (unpaired) electrons. The lowest BCUT2D eigenvalue weighted by Crippen LogP contribution is -2.52. The number of ketones is 1. The molecule has 4 N–H and O–H groups in total. The summed E-state index contributed by atoms with van der Waals surface area (Å²) in [7, 11) is 0. The largest absolute Gasteiger partial charge is 0.481 e. The molecule has 126 valence electrons. The Balaban J connectivity index is 2.72. The standard InChI is InChI=1S/C13H17FN4O5/c1-2-7(17-13(23)11-15-3-4-16-11)12(22)18-8(5-10(20)21)9(19)6-14/h3-4,7-8H,2,5-6H2,1H3,(H,15,16)(H,17,23)(H,18,22)(H,20,21)/t7-,8-/m0/s1. The number of hydrogen-bond acceptors (Lipinski definition) is 5. The molecule has 0 saturated heterocycles. The minimum absolute atomic E-state index is 0.00169. The van der Waals surface area contributed by atoms with Crippen LogP contribution >= 0.6 is 0 Å². The van der Waals surface area contributed by atoms with Crippen molar-refractivity contribution in [3.63, 3.8) is 0 Å². The van der Waals surface area contributed by atoms with Gasteiger partial charge in [0.05, 0.1) is 6.42 Å². The number of carboxylic acids is 1. The number of aromatic amines is 1. The number of carbonyl (C=O) groups excluding carboxylic acids is 3. The Morgan fingerprint density at radius 1 is 1.30 bits per heavy atom. The zero-order valence-electron chi connectivity index (χ0n) is 12.3. The molecule has 9 nitrogen and oxygen atoms in total. The molecule has 2 atom stereocenters. The lowest BCUT2D eigenvalue weighted by atomic mass is 10.1. The highest BCUT2D eigenvalue weighted by atomic mass is 19.1. The summed E-state index contributed by atoms with van der Waals surface area (Å²) in [5, 5.41) is 13.2. The number of aromatic nitrogens is 2. The molecule has 1 rings (SSSR count). The van der Waals surface area contributed by atoms with Crippen LogP contribution in [-0.2, 0) is 14.4 Å². The summed E-state index contributed by atoms with van der Waals surface area (Å²) < 4.78 is 12.4. The van der Waals surface area contributed by atoms with Crippen molar-refractivity contribution in [2.45, 2.75) is 31.8 Å². The summed E-state index contributed by atoms with van der Waals surface area (Å²) in [4.78, 5) is 52.2. The summed E-state index contributed by atoms with van der Waals surface area (Å²) in [6.07, 6.45) is 2.23. The number of Topliss-reactive ketones (excluding diaryl/α,β-unsaturated/α-hetero) is 1. The Morgan fingerprint density at radius 2 is 2.00 bits per heavy atom. The van der Waals surface area contributed by atoms with Crippen molar-refractivity contribution in [1.82, 2.24) is 20.6 Å². The lowest BCUT2D eigenvalue weighted by Gasteiger charge is -2.20. The maximum absolute atomic E-state index is 12.4. The van der Waals surface area contributed by atoms with Crippen LogP contribution in [-0.4, -0.2) is 57.4 Å². The second-order valence-corrected chi connectivity index (χ2v) is 4.63. The van der Waals surface area contributed by atoms with E-state index in [1.165, 1.54) is 12.4 Å². The molecular weight excluding hydrogens is 311 g/mol. The molecule has 23 heavy (non-hydrogen) atoms. The van der Waals surface area contributed by atoms with Gasteiger partial charge in [-0.3, -0.25) is 19.2 Å². The van der Waals surface area contributed by atoms with Crippen LogP contribution in [0.3, 0.4) is 0 Å². The van der Waals surface area contributed by atoms with Crippen LogP contribution in [0.25, 0.3) is 0 Å². The number of nitrogens with one attached hydrogen (secondary N) is 3. The first-order valence-electron chi connectivity index (χ1n) is 6.80. The second-order valence-electron chi connectivity index (χ2n) is 4.63. The fraction of sp³-hybridized carbons (Fsp3) is 0.462. The van der Waals surface area contributed by atoms with Crippen molar-refractivity contribution < 1.29 is 28.7 Å². The Bertz CT molecular complexity index is 575. The Hall–Kier alpha value is -2.78. The van der Waals surface area contributed by atoms with Crippen LogP contribution in [0.4, 0.5) is 4.39 Å².